The Kier molecular flexibility index (Phi) is 10.1. The van der Waals surface area contributed by atoms with Crippen LogP contribution in [0.5, 0.6) is 0 Å². The number of ether oxygens (including phenoxy) is 3. The second-order valence-corrected chi connectivity index (χ2v) is 8.03. The molecule has 0 amide bonds. The molecule has 2 rings (SSSR count). The fourth-order valence-corrected chi connectivity index (χ4v) is 3.89. The summed E-state index contributed by atoms with van der Waals surface area (Å²) < 4.78 is 17.5. The number of aliphatic hydroxyl groups is 3. The Morgan fingerprint density at radius 3 is 2.17 bits per heavy atom. The van der Waals surface area contributed by atoms with Gasteiger partial charge >= 0.3 is 0 Å². The number of unbranched alkanes of at least 4 members (excludes halogenated alkanes) is 3. The third-order valence-corrected chi connectivity index (χ3v) is 5.75. The molecule has 11 heteroatoms. The molecule has 0 spiro atoms. The van der Waals surface area contributed by atoms with Crippen molar-refractivity contribution in [3.05, 3.63) is 0 Å². The zero-order valence-corrected chi connectivity index (χ0v) is 16.9. The van der Waals surface area contributed by atoms with Crippen LogP contribution in [0.2, 0.25) is 0 Å². The Morgan fingerprint density at radius 2 is 1.52 bits per heavy atom. The van der Waals surface area contributed by atoms with Crippen LogP contribution in [0.25, 0.3) is 0 Å². The van der Waals surface area contributed by atoms with Crippen molar-refractivity contribution in [3.63, 3.8) is 0 Å². The lowest BCUT2D eigenvalue weighted by molar-refractivity contribution is -0.291. The van der Waals surface area contributed by atoms with E-state index in [0.717, 1.165) is 25.7 Å². The third-order valence-electron chi connectivity index (χ3n) is 5.75. The summed E-state index contributed by atoms with van der Waals surface area (Å²) in [6.45, 7) is 1.06. The molecule has 2 aliphatic rings. The van der Waals surface area contributed by atoms with Gasteiger partial charge in [0.2, 0.25) is 0 Å². The summed E-state index contributed by atoms with van der Waals surface area (Å²) in [6, 6.07) is -2.08. The van der Waals surface area contributed by atoms with E-state index in [1.54, 1.807) is 0 Å². The highest BCUT2D eigenvalue weighted by molar-refractivity contribution is 5.00. The minimum absolute atomic E-state index is 0.0161. The Bertz CT molecular complexity index is 476. The van der Waals surface area contributed by atoms with Crippen molar-refractivity contribution in [2.75, 3.05) is 19.7 Å². The molecule has 1 saturated heterocycles. The van der Waals surface area contributed by atoms with Gasteiger partial charge in [0.1, 0.15) is 30.5 Å². The van der Waals surface area contributed by atoms with Gasteiger partial charge in [0, 0.05) is 25.2 Å². The fourth-order valence-electron chi connectivity index (χ4n) is 3.89. The molecule has 1 aliphatic heterocycles. The highest BCUT2D eigenvalue weighted by atomic mass is 16.7. The van der Waals surface area contributed by atoms with E-state index in [1.165, 1.54) is 0 Å². The molecule has 13 N–H and O–H groups in total. The monoisotopic (exact) mass is 421 g/mol. The van der Waals surface area contributed by atoms with Crippen molar-refractivity contribution in [2.45, 2.75) is 93.1 Å². The quantitative estimate of drug-likeness (QED) is 0.161. The first kappa shape index (κ1) is 24.8. The van der Waals surface area contributed by atoms with Crippen LogP contribution in [-0.4, -0.2) is 96.1 Å². The van der Waals surface area contributed by atoms with E-state index in [0.29, 0.717) is 19.6 Å². The van der Waals surface area contributed by atoms with Gasteiger partial charge in [-0.05, 0) is 25.8 Å². The molecule has 11 nitrogen and oxygen atoms in total. The molecule has 1 aliphatic carbocycles. The average Bonchev–Trinajstić information content (AvgIpc) is 2.70. The maximum Gasteiger partial charge on any atom is 0.176 e. The largest absolute Gasteiger partial charge is 0.389 e. The molecule has 0 aromatic rings. The molecule has 10 atom stereocenters. The number of rotatable bonds is 10. The second kappa shape index (κ2) is 11.8. The van der Waals surface area contributed by atoms with Gasteiger partial charge in [-0.15, -0.1) is 0 Å². The van der Waals surface area contributed by atoms with Gasteiger partial charge in [-0.25, -0.2) is 0 Å². The molecule has 0 aromatic carbocycles. The molecule has 172 valence electrons. The van der Waals surface area contributed by atoms with Crippen LogP contribution < -0.4 is 28.7 Å². The molecule has 1 saturated carbocycles. The van der Waals surface area contributed by atoms with Crippen molar-refractivity contribution in [1.29, 1.82) is 0 Å². The Balaban J connectivity index is 2.01. The average molecular weight is 422 g/mol. The SMILES string of the molecule is NCCCCCCOC1C(O)C(N)CC(N)C1OC1OC(CN)C(O)C(O)C1N. The van der Waals surface area contributed by atoms with E-state index >= 15 is 0 Å². The molecule has 0 aromatic heterocycles. The summed E-state index contributed by atoms with van der Waals surface area (Å²) in [4.78, 5) is 0. The van der Waals surface area contributed by atoms with Crippen LogP contribution in [0.15, 0.2) is 0 Å². The maximum atomic E-state index is 10.6. The number of aliphatic hydroxyl groups excluding tert-OH is 3. The van der Waals surface area contributed by atoms with Crippen LogP contribution in [0.4, 0.5) is 0 Å². The first-order valence-electron chi connectivity index (χ1n) is 10.4. The second-order valence-electron chi connectivity index (χ2n) is 8.03. The first-order valence-corrected chi connectivity index (χ1v) is 10.4. The van der Waals surface area contributed by atoms with Gasteiger partial charge in [0.25, 0.3) is 0 Å². The maximum absolute atomic E-state index is 10.6. The van der Waals surface area contributed by atoms with Gasteiger partial charge < -0.3 is 58.2 Å². The molecule has 2 fully saturated rings. The van der Waals surface area contributed by atoms with Crippen molar-refractivity contribution >= 4 is 0 Å². The van der Waals surface area contributed by atoms with Crippen molar-refractivity contribution in [3.8, 4) is 0 Å². The van der Waals surface area contributed by atoms with Crippen LogP contribution in [0.3, 0.4) is 0 Å². The lowest BCUT2D eigenvalue weighted by atomic mass is 9.84. The first-order chi connectivity index (χ1) is 13.8. The van der Waals surface area contributed by atoms with Gasteiger partial charge in [-0.3, -0.25) is 0 Å². The van der Waals surface area contributed by atoms with E-state index in [9.17, 15) is 15.3 Å². The lowest BCUT2D eigenvalue weighted by Crippen LogP contribution is -2.67. The minimum Gasteiger partial charge on any atom is -0.389 e. The van der Waals surface area contributed by atoms with Crippen LogP contribution >= 0.6 is 0 Å². The Morgan fingerprint density at radius 1 is 0.828 bits per heavy atom. The molecule has 10 unspecified atom stereocenters. The summed E-state index contributed by atoms with van der Waals surface area (Å²) in [7, 11) is 0. The summed E-state index contributed by atoms with van der Waals surface area (Å²) in [5, 5.41) is 30.8. The highest BCUT2D eigenvalue weighted by Crippen LogP contribution is 2.28. The van der Waals surface area contributed by atoms with Gasteiger partial charge in [0.15, 0.2) is 6.29 Å². The number of nitrogens with two attached hydrogens (primary N) is 5. The van der Waals surface area contributed by atoms with Crippen molar-refractivity contribution in [2.24, 2.45) is 28.7 Å². The van der Waals surface area contributed by atoms with E-state index in [-0.39, 0.29) is 6.54 Å². The zero-order chi connectivity index (χ0) is 21.6. The highest BCUT2D eigenvalue weighted by Gasteiger charge is 2.48. The standard InChI is InChI=1S/C18H39N5O6/c19-5-3-1-2-4-6-27-17-13(24)9(21)7-10(22)16(17)29-18-12(23)15(26)14(25)11(8-20)28-18/h9-18,24-26H,1-8,19-23H2. The summed E-state index contributed by atoms with van der Waals surface area (Å²) in [6.07, 6.45) is -2.78. The Hall–Kier alpha value is -0.440. The van der Waals surface area contributed by atoms with E-state index < -0.39 is 61.0 Å². The third kappa shape index (κ3) is 6.28. The zero-order valence-electron chi connectivity index (χ0n) is 16.9. The minimum atomic E-state index is -1.27. The summed E-state index contributed by atoms with van der Waals surface area (Å²) in [5.41, 5.74) is 29.3. The number of hydrogen-bond acceptors (Lipinski definition) is 11. The summed E-state index contributed by atoms with van der Waals surface area (Å²) in [5.74, 6) is 0. The Labute approximate surface area is 171 Å². The van der Waals surface area contributed by atoms with Crippen molar-refractivity contribution in [1.82, 2.24) is 0 Å². The predicted octanol–water partition coefficient (Wildman–Crippen LogP) is -3.57. The lowest BCUT2D eigenvalue weighted by Gasteiger charge is -2.46. The van der Waals surface area contributed by atoms with Crippen molar-refractivity contribution < 1.29 is 29.5 Å². The molecular weight excluding hydrogens is 382 g/mol. The smallest absolute Gasteiger partial charge is 0.176 e. The van der Waals surface area contributed by atoms with E-state index in [1.807, 2.05) is 0 Å². The molecule has 0 bridgehead atoms. The molecular formula is C18H39N5O6. The van der Waals surface area contributed by atoms with Crippen LogP contribution in [0, 0.1) is 0 Å². The fraction of sp³-hybridized carbons (Fsp3) is 1.00. The van der Waals surface area contributed by atoms with Gasteiger partial charge in [0.05, 0.1) is 12.1 Å². The van der Waals surface area contributed by atoms with Gasteiger partial charge in [-0.2, -0.15) is 0 Å². The van der Waals surface area contributed by atoms with E-state index in [4.69, 9.17) is 42.9 Å². The van der Waals surface area contributed by atoms with Crippen LogP contribution in [-0.2, 0) is 14.2 Å². The normalized spacial score (nSPS) is 43.4. The molecule has 0 radical (unpaired) electrons. The molecule has 29 heavy (non-hydrogen) atoms. The molecule has 1 heterocycles. The van der Waals surface area contributed by atoms with Crippen LogP contribution in [0.1, 0.15) is 32.1 Å². The van der Waals surface area contributed by atoms with E-state index in [2.05, 4.69) is 0 Å². The number of hydrogen-bond donors (Lipinski definition) is 8. The predicted molar refractivity (Wildman–Crippen MR) is 106 cm³/mol. The summed E-state index contributed by atoms with van der Waals surface area (Å²) >= 11 is 0. The van der Waals surface area contributed by atoms with Gasteiger partial charge in [-0.1, -0.05) is 12.8 Å². The topological polar surface area (TPSA) is 218 Å².